The Labute approximate surface area is 95.7 Å². The van der Waals surface area contributed by atoms with E-state index in [9.17, 15) is 13.6 Å². The van der Waals surface area contributed by atoms with Crippen molar-refractivity contribution in [2.45, 2.75) is 19.3 Å². The number of halogens is 2. The van der Waals surface area contributed by atoms with Crippen molar-refractivity contribution in [3.63, 3.8) is 0 Å². The standard InChI is InChI=1S/C12H10F2O3/c1-6(2-12(15)16)10-5-8-9(14)3-7(13)4-11(8)17-10/h3-6H,2H2,1H3,(H,15,16). The molecule has 0 bridgehead atoms. The summed E-state index contributed by atoms with van der Waals surface area (Å²) in [6.45, 7) is 1.65. The van der Waals surface area contributed by atoms with Gasteiger partial charge in [0.1, 0.15) is 23.0 Å². The summed E-state index contributed by atoms with van der Waals surface area (Å²) in [5, 5.41) is 8.81. The van der Waals surface area contributed by atoms with Crippen LogP contribution in [0.3, 0.4) is 0 Å². The number of aliphatic carboxylic acids is 1. The van der Waals surface area contributed by atoms with Crippen LogP contribution in [0, 0.1) is 11.6 Å². The predicted molar refractivity (Wildman–Crippen MR) is 56.8 cm³/mol. The van der Waals surface area contributed by atoms with Crippen molar-refractivity contribution in [1.82, 2.24) is 0 Å². The van der Waals surface area contributed by atoms with E-state index in [1.807, 2.05) is 0 Å². The van der Waals surface area contributed by atoms with E-state index in [2.05, 4.69) is 0 Å². The highest BCUT2D eigenvalue weighted by molar-refractivity contribution is 5.79. The average Bonchev–Trinajstić information content (AvgIpc) is 2.60. The Balaban J connectivity index is 2.44. The van der Waals surface area contributed by atoms with Crippen LogP contribution >= 0.6 is 0 Å². The van der Waals surface area contributed by atoms with Gasteiger partial charge < -0.3 is 9.52 Å². The van der Waals surface area contributed by atoms with Gasteiger partial charge in [-0.1, -0.05) is 6.92 Å². The van der Waals surface area contributed by atoms with Crippen LogP contribution in [0.1, 0.15) is 25.0 Å². The van der Waals surface area contributed by atoms with E-state index < -0.39 is 17.6 Å². The van der Waals surface area contributed by atoms with E-state index in [1.54, 1.807) is 6.92 Å². The van der Waals surface area contributed by atoms with Crippen LogP contribution in [0.2, 0.25) is 0 Å². The van der Waals surface area contributed by atoms with Crippen LogP contribution in [0.5, 0.6) is 0 Å². The Morgan fingerprint density at radius 1 is 1.41 bits per heavy atom. The third-order valence-corrected chi connectivity index (χ3v) is 2.54. The fourth-order valence-corrected chi connectivity index (χ4v) is 1.69. The number of furan rings is 1. The van der Waals surface area contributed by atoms with Crippen molar-refractivity contribution in [3.8, 4) is 0 Å². The molecule has 0 saturated heterocycles. The molecule has 0 aliphatic heterocycles. The Bertz CT molecular complexity index is 574. The lowest BCUT2D eigenvalue weighted by molar-refractivity contribution is -0.137. The molecule has 5 heteroatoms. The molecular formula is C12H10F2O3. The normalized spacial score (nSPS) is 12.9. The molecule has 90 valence electrons. The second kappa shape index (κ2) is 4.16. The molecule has 0 aliphatic carbocycles. The second-order valence-corrected chi connectivity index (χ2v) is 3.95. The van der Waals surface area contributed by atoms with E-state index in [0.29, 0.717) is 5.76 Å². The largest absolute Gasteiger partial charge is 0.481 e. The van der Waals surface area contributed by atoms with Gasteiger partial charge in [-0.2, -0.15) is 0 Å². The molecule has 0 spiro atoms. The van der Waals surface area contributed by atoms with E-state index in [0.717, 1.165) is 12.1 Å². The van der Waals surface area contributed by atoms with Gasteiger partial charge in [-0.3, -0.25) is 4.79 Å². The zero-order valence-electron chi connectivity index (χ0n) is 9.04. The number of fused-ring (bicyclic) bond motifs is 1. The Kier molecular flexibility index (Phi) is 2.83. The molecule has 2 aromatic rings. The third-order valence-electron chi connectivity index (χ3n) is 2.54. The molecule has 1 N–H and O–H groups in total. The van der Waals surface area contributed by atoms with Crippen LogP contribution in [0.25, 0.3) is 11.0 Å². The summed E-state index contributed by atoms with van der Waals surface area (Å²) in [4.78, 5) is 10.5. The van der Waals surface area contributed by atoms with Gasteiger partial charge in [0.2, 0.25) is 0 Å². The van der Waals surface area contributed by atoms with Crippen molar-refractivity contribution in [3.05, 3.63) is 35.6 Å². The summed E-state index contributed by atoms with van der Waals surface area (Å²) < 4.78 is 31.5. The number of hydrogen-bond donors (Lipinski definition) is 1. The molecule has 0 radical (unpaired) electrons. The topological polar surface area (TPSA) is 50.4 Å². The highest BCUT2D eigenvalue weighted by Gasteiger charge is 2.17. The van der Waals surface area contributed by atoms with E-state index >= 15 is 0 Å². The third kappa shape index (κ3) is 2.27. The summed E-state index contributed by atoms with van der Waals surface area (Å²) in [6.07, 6.45) is -0.121. The summed E-state index contributed by atoms with van der Waals surface area (Å²) in [5.74, 6) is -2.45. The number of benzene rings is 1. The zero-order valence-corrected chi connectivity index (χ0v) is 9.04. The zero-order chi connectivity index (χ0) is 12.6. The molecule has 1 unspecified atom stereocenters. The lowest BCUT2D eigenvalue weighted by Gasteiger charge is -2.02. The van der Waals surface area contributed by atoms with Gasteiger partial charge in [0.15, 0.2) is 0 Å². The number of carboxylic acid groups (broad SMARTS) is 1. The Morgan fingerprint density at radius 2 is 2.12 bits per heavy atom. The van der Waals surface area contributed by atoms with Crippen LogP contribution < -0.4 is 0 Å². The molecule has 1 heterocycles. The first-order valence-corrected chi connectivity index (χ1v) is 5.07. The quantitative estimate of drug-likeness (QED) is 0.895. The van der Waals surface area contributed by atoms with Gasteiger partial charge in [0.05, 0.1) is 11.8 Å². The van der Waals surface area contributed by atoms with Crippen molar-refractivity contribution in [2.24, 2.45) is 0 Å². The maximum Gasteiger partial charge on any atom is 0.304 e. The van der Waals surface area contributed by atoms with Crippen LogP contribution in [0.15, 0.2) is 22.6 Å². The summed E-state index contributed by atoms with van der Waals surface area (Å²) >= 11 is 0. The molecule has 3 nitrogen and oxygen atoms in total. The van der Waals surface area contributed by atoms with Gasteiger partial charge in [0.25, 0.3) is 0 Å². The minimum Gasteiger partial charge on any atom is -0.481 e. The van der Waals surface area contributed by atoms with E-state index in [-0.39, 0.29) is 23.3 Å². The lowest BCUT2D eigenvalue weighted by Crippen LogP contribution is -2.01. The first-order chi connectivity index (χ1) is 7.97. The molecule has 0 fully saturated rings. The summed E-state index contributed by atoms with van der Waals surface area (Å²) in [7, 11) is 0. The SMILES string of the molecule is CC(CC(=O)O)c1cc2c(F)cc(F)cc2o1. The molecule has 0 amide bonds. The van der Waals surface area contributed by atoms with Gasteiger partial charge in [-0.15, -0.1) is 0 Å². The van der Waals surface area contributed by atoms with Gasteiger partial charge in [0, 0.05) is 18.1 Å². The van der Waals surface area contributed by atoms with Gasteiger partial charge in [-0.05, 0) is 6.07 Å². The number of hydrogen-bond acceptors (Lipinski definition) is 2. The maximum atomic E-state index is 13.4. The van der Waals surface area contributed by atoms with Crippen molar-refractivity contribution in [2.75, 3.05) is 0 Å². The molecule has 0 aliphatic rings. The average molecular weight is 240 g/mol. The van der Waals surface area contributed by atoms with Crippen molar-refractivity contribution < 1.29 is 23.1 Å². The minimum absolute atomic E-state index is 0.0924. The van der Waals surface area contributed by atoms with Crippen LogP contribution in [-0.2, 0) is 4.79 Å². The van der Waals surface area contributed by atoms with Gasteiger partial charge >= 0.3 is 5.97 Å². The fraction of sp³-hybridized carbons (Fsp3) is 0.250. The molecule has 2 rings (SSSR count). The summed E-state index contributed by atoms with van der Waals surface area (Å²) in [5.41, 5.74) is 0.0924. The molecule has 1 aromatic carbocycles. The van der Waals surface area contributed by atoms with Crippen LogP contribution in [0.4, 0.5) is 8.78 Å². The Hall–Kier alpha value is -1.91. The van der Waals surface area contributed by atoms with Crippen LogP contribution in [-0.4, -0.2) is 11.1 Å². The minimum atomic E-state index is -0.968. The van der Waals surface area contributed by atoms with Gasteiger partial charge in [-0.25, -0.2) is 8.78 Å². The second-order valence-electron chi connectivity index (χ2n) is 3.95. The highest BCUT2D eigenvalue weighted by atomic mass is 19.1. The molecular weight excluding hydrogens is 230 g/mol. The maximum absolute atomic E-state index is 13.4. The fourth-order valence-electron chi connectivity index (χ4n) is 1.69. The van der Waals surface area contributed by atoms with E-state index in [4.69, 9.17) is 9.52 Å². The first-order valence-electron chi connectivity index (χ1n) is 5.07. The monoisotopic (exact) mass is 240 g/mol. The lowest BCUT2D eigenvalue weighted by atomic mass is 10.1. The molecule has 17 heavy (non-hydrogen) atoms. The summed E-state index contributed by atoms with van der Waals surface area (Å²) in [6, 6.07) is 3.26. The van der Waals surface area contributed by atoms with Crippen molar-refractivity contribution in [1.29, 1.82) is 0 Å². The smallest absolute Gasteiger partial charge is 0.304 e. The highest BCUT2D eigenvalue weighted by Crippen LogP contribution is 2.29. The molecule has 1 atom stereocenters. The number of rotatable bonds is 3. The molecule has 1 aromatic heterocycles. The van der Waals surface area contributed by atoms with Crippen molar-refractivity contribution >= 4 is 16.9 Å². The first kappa shape index (κ1) is 11.6. The Morgan fingerprint density at radius 3 is 2.76 bits per heavy atom. The number of carbonyl (C=O) groups is 1. The van der Waals surface area contributed by atoms with E-state index in [1.165, 1.54) is 6.07 Å². The number of carboxylic acids is 1. The molecule has 0 saturated carbocycles. The predicted octanol–water partition coefficient (Wildman–Crippen LogP) is 3.29.